The quantitative estimate of drug-likeness (QED) is 0.687. The van der Waals surface area contributed by atoms with Gasteiger partial charge in [-0.05, 0) is 49.6 Å². The number of fused-ring (bicyclic) bond motifs is 1. The molecule has 0 aromatic heterocycles. The summed E-state index contributed by atoms with van der Waals surface area (Å²) in [6.45, 7) is 2.97. The van der Waals surface area contributed by atoms with Crippen molar-refractivity contribution in [3.8, 4) is 17.2 Å². The maximum Gasteiger partial charge on any atom is 0.319 e. The normalized spacial score (nSPS) is 15.1. The summed E-state index contributed by atoms with van der Waals surface area (Å²) < 4.78 is 16.2. The number of nitrogens with one attached hydrogen (secondary N) is 2. The molecular weight excluding hydrogens is 394 g/mol. The van der Waals surface area contributed by atoms with E-state index in [9.17, 15) is 4.79 Å². The van der Waals surface area contributed by atoms with Gasteiger partial charge in [-0.15, -0.1) is 0 Å². The summed E-state index contributed by atoms with van der Waals surface area (Å²) in [6, 6.07) is 10.7. The van der Waals surface area contributed by atoms with Gasteiger partial charge in [-0.1, -0.05) is 11.6 Å². The van der Waals surface area contributed by atoms with Crippen molar-refractivity contribution in [2.45, 2.75) is 19.3 Å². The van der Waals surface area contributed by atoms with Gasteiger partial charge in [-0.2, -0.15) is 0 Å². The van der Waals surface area contributed by atoms with Crippen LogP contribution in [0.4, 0.5) is 16.2 Å². The predicted octanol–water partition coefficient (Wildman–Crippen LogP) is 4.26. The van der Waals surface area contributed by atoms with Crippen LogP contribution in [-0.4, -0.2) is 39.1 Å². The molecule has 2 N–H and O–H groups in total. The van der Waals surface area contributed by atoms with E-state index < -0.39 is 0 Å². The highest BCUT2D eigenvalue weighted by atomic mass is 35.5. The third-order valence-electron chi connectivity index (χ3n) is 4.90. The first kappa shape index (κ1) is 19.5. The summed E-state index contributed by atoms with van der Waals surface area (Å²) in [5.41, 5.74) is 1.68. The Hall–Kier alpha value is -2.80. The maximum atomic E-state index is 12.1. The van der Waals surface area contributed by atoms with Crippen LogP contribution in [0.3, 0.4) is 0 Å². The predicted molar refractivity (Wildman–Crippen MR) is 113 cm³/mol. The molecule has 7 nitrogen and oxygen atoms in total. The lowest BCUT2D eigenvalue weighted by Gasteiger charge is -2.29. The molecule has 2 aliphatic rings. The van der Waals surface area contributed by atoms with Crippen molar-refractivity contribution in [3.63, 3.8) is 0 Å². The number of benzene rings is 2. The fourth-order valence-corrected chi connectivity index (χ4v) is 3.75. The molecule has 0 unspecified atom stereocenters. The minimum atomic E-state index is -0.305. The Balaban J connectivity index is 1.22. The third-order valence-corrected chi connectivity index (χ3v) is 5.21. The van der Waals surface area contributed by atoms with E-state index in [4.69, 9.17) is 25.8 Å². The number of rotatable bonds is 6. The summed E-state index contributed by atoms with van der Waals surface area (Å²) in [7, 11) is 0. The van der Waals surface area contributed by atoms with Gasteiger partial charge in [-0.25, -0.2) is 4.79 Å². The number of hydrogen-bond acceptors (Lipinski definition) is 5. The molecule has 0 bridgehead atoms. The van der Waals surface area contributed by atoms with Crippen LogP contribution in [0, 0.1) is 0 Å². The van der Waals surface area contributed by atoms with E-state index in [0.29, 0.717) is 41.1 Å². The van der Waals surface area contributed by atoms with Crippen LogP contribution < -0.4 is 29.7 Å². The SMILES string of the molecule is O=C(NCCOc1ccc2c(c1)OCO2)Nc1ccc(N2CCCCC2)c(Cl)c1. The number of urea groups is 1. The summed E-state index contributed by atoms with van der Waals surface area (Å²) in [5, 5.41) is 6.22. The van der Waals surface area contributed by atoms with Crippen molar-refractivity contribution >= 4 is 29.0 Å². The molecule has 2 aromatic carbocycles. The Bertz CT molecular complexity index is 871. The summed E-state index contributed by atoms with van der Waals surface area (Å²) in [4.78, 5) is 14.4. The minimum absolute atomic E-state index is 0.226. The highest BCUT2D eigenvalue weighted by Gasteiger charge is 2.15. The van der Waals surface area contributed by atoms with Crippen molar-refractivity contribution in [2.75, 3.05) is 43.3 Å². The second-order valence-electron chi connectivity index (χ2n) is 6.96. The van der Waals surface area contributed by atoms with Crippen molar-refractivity contribution in [1.29, 1.82) is 0 Å². The van der Waals surface area contributed by atoms with Crippen molar-refractivity contribution in [2.24, 2.45) is 0 Å². The Morgan fingerprint density at radius 1 is 1.07 bits per heavy atom. The van der Waals surface area contributed by atoms with Gasteiger partial charge in [0.05, 0.1) is 17.3 Å². The molecule has 2 heterocycles. The zero-order chi connectivity index (χ0) is 20.1. The number of piperidine rings is 1. The summed E-state index contributed by atoms with van der Waals surface area (Å²) in [5.74, 6) is 2.04. The lowest BCUT2D eigenvalue weighted by atomic mass is 10.1. The number of nitrogens with zero attached hydrogens (tertiary/aromatic N) is 1. The molecule has 0 radical (unpaired) electrons. The third kappa shape index (κ3) is 4.98. The molecule has 1 saturated heterocycles. The zero-order valence-corrected chi connectivity index (χ0v) is 16.8. The van der Waals surface area contributed by atoms with Crippen molar-refractivity contribution < 1.29 is 19.0 Å². The highest BCUT2D eigenvalue weighted by Crippen LogP contribution is 2.35. The number of anilines is 2. The van der Waals surface area contributed by atoms with E-state index in [1.54, 1.807) is 24.3 Å². The van der Waals surface area contributed by atoms with Gasteiger partial charge >= 0.3 is 6.03 Å². The molecule has 4 rings (SSSR count). The number of halogens is 1. The fraction of sp³-hybridized carbons (Fsp3) is 0.381. The van der Waals surface area contributed by atoms with Gasteiger partial charge in [0.25, 0.3) is 0 Å². The van der Waals surface area contributed by atoms with Gasteiger partial charge in [0, 0.05) is 24.8 Å². The van der Waals surface area contributed by atoms with E-state index in [1.807, 2.05) is 12.1 Å². The largest absolute Gasteiger partial charge is 0.492 e. The Morgan fingerprint density at radius 2 is 1.90 bits per heavy atom. The molecule has 0 spiro atoms. The Labute approximate surface area is 174 Å². The number of carbonyl (C=O) groups excluding carboxylic acids is 1. The average Bonchev–Trinajstić information content (AvgIpc) is 3.20. The van der Waals surface area contributed by atoms with Crippen LogP contribution in [0.5, 0.6) is 17.2 Å². The van der Waals surface area contributed by atoms with Gasteiger partial charge in [0.1, 0.15) is 12.4 Å². The van der Waals surface area contributed by atoms with Crippen LogP contribution >= 0.6 is 11.6 Å². The molecule has 154 valence electrons. The number of hydrogen-bond donors (Lipinski definition) is 2. The molecule has 2 amide bonds. The first-order valence-electron chi connectivity index (χ1n) is 9.81. The minimum Gasteiger partial charge on any atom is -0.492 e. The van der Waals surface area contributed by atoms with Crippen molar-refractivity contribution in [3.05, 3.63) is 41.4 Å². The summed E-state index contributed by atoms with van der Waals surface area (Å²) >= 11 is 6.43. The molecular formula is C21H24ClN3O4. The molecule has 2 aliphatic heterocycles. The molecule has 8 heteroatoms. The van der Waals surface area contributed by atoms with Crippen LogP contribution in [0.15, 0.2) is 36.4 Å². The first-order chi connectivity index (χ1) is 14.2. The topological polar surface area (TPSA) is 72.1 Å². The molecule has 2 aromatic rings. The molecule has 0 atom stereocenters. The molecule has 0 saturated carbocycles. The molecule has 0 aliphatic carbocycles. The van der Waals surface area contributed by atoms with Gasteiger partial charge < -0.3 is 29.7 Å². The van der Waals surface area contributed by atoms with Crippen LogP contribution in [0.2, 0.25) is 5.02 Å². The Kier molecular flexibility index (Phi) is 6.14. The monoisotopic (exact) mass is 417 g/mol. The number of carbonyl (C=O) groups is 1. The van der Waals surface area contributed by atoms with E-state index in [2.05, 4.69) is 15.5 Å². The fourth-order valence-electron chi connectivity index (χ4n) is 3.45. The molecule has 1 fully saturated rings. The maximum absolute atomic E-state index is 12.1. The lowest BCUT2D eigenvalue weighted by molar-refractivity contribution is 0.173. The van der Waals surface area contributed by atoms with E-state index in [1.165, 1.54) is 19.3 Å². The molecule has 29 heavy (non-hydrogen) atoms. The zero-order valence-electron chi connectivity index (χ0n) is 16.1. The second kappa shape index (κ2) is 9.13. The average molecular weight is 418 g/mol. The first-order valence-corrected chi connectivity index (χ1v) is 10.2. The van der Waals surface area contributed by atoms with Gasteiger partial charge in [0.2, 0.25) is 6.79 Å². The second-order valence-corrected chi connectivity index (χ2v) is 7.37. The van der Waals surface area contributed by atoms with Gasteiger partial charge in [-0.3, -0.25) is 0 Å². The number of ether oxygens (including phenoxy) is 3. The Morgan fingerprint density at radius 3 is 2.72 bits per heavy atom. The van der Waals surface area contributed by atoms with Crippen LogP contribution in [0.25, 0.3) is 0 Å². The number of amides is 2. The van der Waals surface area contributed by atoms with E-state index in [-0.39, 0.29) is 12.8 Å². The van der Waals surface area contributed by atoms with Crippen molar-refractivity contribution in [1.82, 2.24) is 5.32 Å². The highest BCUT2D eigenvalue weighted by molar-refractivity contribution is 6.33. The smallest absolute Gasteiger partial charge is 0.319 e. The van der Waals surface area contributed by atoms with Crippen LogP contribution in [-0.2, 0) is 0 Å². The standard InChI is InChI=1S/C21H24ClN3O4/c22-17-12-15(4-6-18(17)25-9-2-1-3-10-25)24-21(26)23-8-11-27-16-5-7-19-20(13-16)29-14-28-19/h4-7,12-13H,1-3,8-11,14H2,(H2,23,24,26). The van der Waals surface area contributed by atoms with E-state index >= 15 is 0 Å². The summed E-state index contributed by atoms with van der Waals surface area (Å²) in [6.07, 6.45) is 3.65. The van der Waals surface area contributed by atoms with Gasteiger partial charge in [0.15, 0.2) is 11.5 Å². The van der Waals surface area contributed by atoms with E-state index in [0.717, 1.165) is 18.8 Å². The lowest BCUT2D eigenvalue weighted by Crippen LogP contribution is -2.32. The van der Waals surface area contributed by atoms with Crippen LogP contribution in [0.1, 0.15) is 19.3 Å².